The van der Waals surface area contributed by atoms with Crippen molar-refractivity contribution in [2.75, 3.05) is 0 Å². The van der Waals surface area contributed by atoms with Crippen LogP contribution in [0.3, 0.4) is 0 Å². The zero-order valence-electron chi connectivity index (χ0n) is 4.87. The second-order valence-electron chi connectivity index (χ2n) is 1.79. The van der Waals surface area contributed by atoms with Gasteiger partial charge in [-0.15, -0.1) is 0 Å². The van der Waals surface area contributed by atoms with Crippen LogP contribution in [0.5, 0.6) is 0 Å². The fraction of sp³-hybridized carbons (Fsp3) is 0. The summed E-state index contributed by atoms with van der Waals surface area (Å²) in [4.78, 5) is 0. The average Bonchev–Trinajstić information content (AvgIpc) is 1.84. The van der Waals surface area contributed by atoms with E-state index in [-0.39, 0.29) is 5.56 Å². The molecule has 3 heteroatoms. The van der Waals surface area contributed by atoms with E-state index in [2.05, 4.69) is 15.9 Å². The SMILES string of the molecule is [CH]c1cc(F)c(F)cc1Br. The second-order valence-corrected chi connectivity index (χ2v) is 2.64. The van der Waals surface area contributed by atoms with Crippen molar-refractivity contribution in [2.45, 2.75) is 0 Å². The summed E-state index contributed by atoms with van der Waals surface area (Å²) in [5.41, 5.74) is 0.193. The van der Waals surface area contributed by atoms with E-state index >= 15 is 0 Å². The van der Waals surface area contributed by atoms with Gasteiger partial charge in [0.2, 0.25) is 0 Å². The zero-order chi connectivity index (χ0) is 7.72. The van der Waals surface area contributed by atoms with Gasteiger partial charge < -0.3 is 0 Å². The molecule has 0 aromatic heterocycles. The summed E-state index contributed by atoms with van der Waals surface area (Å²) in [6.45, 7) is 5.24. The maximum Gasteiger partial charge on any atom is 0.159 e. The van der Waals surface area contributed by atoms with E-state index in [1.165, 1.54) is 0 Å². The molecule has 0 atom stereocenters. The summed E-state index contributed by atoms with van der Waals surface area (Å²) in [5, 5.41) is 0. The molecule has 1 aromatic rings. The first-order valence-corrected chi connectivity index (χ1v) is 3.30. The highest BCUT2D eigenvalue weighted by Crippen LogP contribution is 2.18. The van der Waals surface area contributed by atoms with Crippen LogP contribution in [0.25, 0.3) is 0 Å². The molecule has 0 saturated heterocycles. The molecule has 0 aliphatic heterocycles. The van der Waals surface area contributed by atoms with Crippen molar-refractivity contribution in [3.8, 4) is 0 Å². The highest BCUT2D eigenvalue weighted by Gasteiger charge is 2.03. The van der Waals surface area contributed by atoms with Gasteiger partial charge in [-0.25, -0.2) is 8.78 Å². The van der Waals surface area contributed by atoms with Crippen molar-refractivity contribution in [1.29, 1.82) is 0 Å². The van der Waals surface area contributed by atoms with E-state index in [4.69, 9.17) is 6.92 Å². The van der Waals surface area contributed by atoms with Gasteiger partial charge in [0, 0.05) is 11.4 Å². The van der Waals surface area contributed by atoms with E-state index in [1.54, 1.807) is 0 Å². The minimum absolute atomic E-state index is 0.193. The summed E-state index contributed by atoms with van der Waals surface area (Å²) in [7, 11) is 0. The zero-order valence-corrected chi connectivity index (χ0v) is 6.45. The monoisotopic (exact) mass is 204 g/mol. The predicted molar refractivity (Wildman–Crippen MR) is 37.5 cm³/mol. The van der Waals surface area contributed by atoms with Gasteiger partial charge in [0.25, 0.3) is 0 Å². The quantitative estimate of drug-likeness (QED) is 0.571. The molecule has 2 radical (unpaired) electrons. The van der Waals surface area contributed by atoms with Crippen LogP contribution in [-0.4, -0.2) is 0 Å². The Labute approximate surface area is 66.0 Å². The summed E-state index contributed by atoms with van der Waals surface area (Å²) < 4.78 is 24.9. The molecule has 0 amide bonds. The van der Waals surface area contributed by atoms with Crippen molar-refractivity contribution in [2.24, 2.45) is 0 Å². The highest BCUT2D eigenvalue weighted by molar-refractivity contribution is 9.10. The van der Waals surface area contributed by atoms with Gasteiger partial charge in [-0.1, -0.05) is 15.9 Å². The molecule has 10 heavy (non-hydrogen) atoms. The molecule has 0 aliphatic carbocycles. The molecule has 0 bridgehead atoms. The van der Waals surface area contributed by atoms with Crippen LogP contribution in [0.1, 0.15) is 5.56 Å². The Morgan fingerprint density at radius 2 is 1.70 bits per heavy atom. The van der Waals surface area contributed by atoms with E-state index in [0.717, 1.165) is 12.1 Å². The lowest BCUT2D eigenvalue weighted by molar-refractivity contribution is 0.507. The van der Waals surface area contributed by atoms with Gasteiger partial charge in [-0.3, -0.25) is 0 Å². The molecular weight excluding hydrogens is 202 g/mol. The normalized spacial score (nSPS) is 10.0. The maximum absolute atomic E-state index is 12.3. The van der Waals surface area contributed by atoms with Crippen LogP contribution in [0.15, 0.2) is 16.6 Å². The molecule has 52 valence electrons. The third kappa shape index (κ3) is 1.34. The van der Waals surface area contributed by atoms with E-state index < -0.39 is 11.6 Å². The molecular formula is C7H3BrF2. The van der Waals surface area contributed by atoms with Crippen LogP contribution in [0.2, 0.25) is 0 Å². The smallest absolute Gasteiger partial charge is 0.159 e. The van der Waals surface area contributed by atoms with Crippen LogP contribution < -0.4 is 0 Å². The van der Waals surface area contributed by atoms with Gasteiger partial charge >= 0.3 is 0 Å². The molecule has 0 heterocycles. The fourth-order valence-corrected chi connectivity index (χ4v) is 0.853. The predicted octanol–water partition coefficient (Wildman–Crippen LogP) is 2.79. The summed E-state index contributed by atoms with van der Waals surface area (Å²) in [6, 6.07) is 1.92. The Kier molecular flexibility index (Phi) is 2.04. The molecule has 0 saturated carbocycles. The number of benzene rings is 1. The van der Waals surface area contributed by atoms with Crippen molar-refractivity contribution < 1.29 is 8.78 Å². The fourth-order valence-electron chi connectivity index (χ4n) is 0.538. The van der Waals surface area contributed by atoms with Crippen molar-refractivity contribution >= 4 is 15.9 Å². The molecule has 0 aliphatic rings. The molecule has 0 fully saturated rings. The average molecular weight is 205 g/mol. The topological polar surface area (TPSA) is 0 Å². The molecule has 0 unspecified atom stereocenters. The molecule has 0 N–H and O–H groups in total. The van der Waals surface area contributed by atoms with Crippen molar-refractivity contribution in [3.63, 3.8) is 0 Å². The lowest BCUT2D eigenvalue weighted by Crippen LogP contribution is -1.85. The van der Waals surface area contributed by atoms with Gasteiger partial charge in [-0.05, 0) is 17.7 Å². The maximum atomic E-state index is 12.3. The van der Waals surface area contributed by atoms with Crippen LogP contribution in [-0.2, 0) is 0 Å². The number of halogens is 3. The summed E-state index contributed by atoms with van der Waals surface area (Å²) in [6.07, 6.45) is 0. The Balaban J connectivity index is 3.28. The lowest BCUT2D eigenvalue weighted by Gasteiger charge is -1.96. The van der Waals surface area contributed by atoms with E-state index in [1.807, 2.05) is 0 Å². The standard InChI is InChI=1S/C7H3BrF2/c1-4-2-6(9)7(10)3-5(4)8/h1-3H. The van der Waals surface area contributed by atoms with Gasteiger partial charge in [0.15, 0.2) is 11.6 Å². The van der Waals surface area contributed by atoms with Crippen molar-refractivity contribution in [1.82, 2.24) is 0 Å². The summed E-state index contributed by atoms with van der Waals surface area (Å²) in [5.74, 6) is -1.83. The van der Waals surface area contributed by atoms with Crippen LogP contribution in [0.4, 0.5) is 8.78 Å². The van der Waals surface area contributed by atoms with Gasteiger partial charge in [0.1, 0.15) is 0 Å². The molecule has 1 aromatic carbocycles. The molecule has 0 spiro atoms. The minimum Gasteiger partial charge on any atom is -0.204 e. The highest BCUT2D eigenvalue weighted by atomic mass is 79.9. The Bertz CT molecular complexity index is 208. The van der Waals surface area contributed by atoms with Crippen LogP contribution in [0, 0.1) is 18.6 Å². The third-order valence-electron chi connectivity index (χ3n) is 1.04. The Morgan fingerprint density at radius 1 is 1.20 bits per heavy atom. The molecule has 0 nitrogen and oxygen atoms in total. The first kappa shape index (κ1) is 7.66. The Morgan fingerprint density at radius 3 is 2.20 bits per heavy atom. The number of hydrogen-bond acceptors (Lipinski definition) is 0. The number of rotatable bonds is 0. The van der Waals surface area contributed by atoms with E-state index in [9.17, 15) is 8.78 Å². The summed E-state index contributed by atoms with van der Waals surface area (Å²) >= 11 is 2.95. The third-order valence-corrected chi connectivity index (χ3v) is 1.73. The molecule has 1 rings (SSSR count). The lowest BCUT2D eigenvalue weighted by atomic mass is 10.2. The number of hydrogen-bond donors (Lipinski definition) is 0. The second kappa shape index (κ2) is 2.66. The van der Waals surface area contributed by atoms with E-state index in [0.29, 0.717) is 4.47 Å². The minimum atomic E-state index is -0.930. The van der Waals surface area contributed by atoms with Crippen LogP contribution >= 0.6 is 15.9 Å². The van der Waals surface area contributed by atoms with Gasteiger partial charge in [0.05, 0.1) is 0 Å². The van der Waals surface area contributed by atoms with Crippen molar-refractivity contribution in [3.05, 3.63) is 40.7 Å². The Hall–Kier alpha value is -0.440. The van der Waals surface area contributed by atoms with Gasteiger partial charge in [-0.2, -0.15) is 0 Å². The largest absolute Gasteiger partial charge is 0.204 e. The first-order chi connectivity index (χ1) is 4.61. The first-order valence-electron chi connectivity index (χ1n) is 2.51.